The first-order chi connectivity index (χ1) is 27.2. The number of oxazole rings is 1. The van der Waals surface area contributed by atoms with Crippen molar-refractivity contribution in [3.63, 3.8) is 0 Å². The van der Waals surface area contributed by atoms with Gasteiger partial charge in [0.05, 0.1) is 10.2 Å². The van der Waals surface area contributed by atoms with Crippen molar-refractivity contribution >= 4 is 82.0 Å². The summed E-state index contributed by atoms with van der Waals surface area (Å²) in [6.07, 6.45) is 0. The molecule has 0 radical (unpaired) electrons. The van der Waals surface area contributed by atoms with Crippen LogP contribution in [0, 0.1) is 0 Å². The number of anilines is 3. The lowest BCUT2D eigenvalue weighted by Gasteiger charge is -2.26. The summed E-state index contributed by atoms with van der Waals surface area (Å²) < 4.78 is 7.29. The van der Waals surface area contributed by atoms with Gasteiger partial charge in [-0.15, -0.1) is 11.3 Å². The van der Waals surface area contributed by atoms with E-state index in [0.717, 1.165) is 49.8 Å². The van der Waals surface area contributed by atoms with E-state index in [9.17, 15) is 0 Å². The van der Waals surface area contributed by atoms with Crippen LogP contribution in [0.1, 0.15) is 0 Å². The second kappa shape index (κ2) is 12.8. The Labute approximate surface area is 321 Å². The highest BCUT2D eigenvalue weighted by Crippen LogP contribution is 2.40. The van der Waals surface area contributed by atoms with Crippen LogP contribution in [0.5, 0.6) is 0 Å². The van der Waals surface area contributed by atoms with Crippen LogP contribution < -0.4 is 4.90 Å². The fourth-order valence-corrected chi connectivity index (χ4v) is 8.66. The summed E-state index contributed by atoms with van der Waals surface area (Å²) >= 11 is 1.72. The average Bonchev–Trinajstić information content (AvgIpc) is 3.89. The van der Waals surface area contributed by atoms with Gasteiger partial charge in [-0.2, -0.15) is 0 Å². The molecule has 55 heavy (non-hydrogen) atoms. The van der Waals surface area contributed by atoms with Crippen molar-refractivity contribution in [3.8, 4) is 33.2 Å². The summed E-state index contributed by atoms with van der Waals surface area (Å²) in [5.41, 5.74) is 10.3. The Hall–Kier alpha value is -7.08. The van der Waals surface area contributed by atoms with Gasteiger partial charge in [-0.25, -0.2) is 9.97 Å². The van der Waals surface area contributed by atoms with Gasteiger partial charge >= 0.3 is 0 Å². The second-order valence-corrected chi connectivity index (χ2v) is 14.9. The highest BCUT2D eigenvalue weighted by Gasteiger charge is 2.17. The van der Waals surface area contributed by atoms with Crippen molar-refractivity contribution in [2.75, 3.05) is 4.90 Å². The molecular weight excluding hydrogens is 691 g/mol. The first-order valence-corrected chi connectivity index (χ1v) is 19.2. The van der Waals surface area contributed by atoms with E-state index in [1.165, 1.54) is 48.1 Å². The van der Waals surface area contributed by atoms with Crippen molar-refractivity contribution in [3.05, 3.63) is 188 Å². The smallest absolute Gasteiger partial charge is 0.227 e. The molecule has 2 aromatic heterocycles. The third-order valence-electron chi connectivity index (χ3n) is 10.5. The van der Waals surface area contributed by atoms with E-state index in [-0.39, 0.29) is 0 Å². The minimum absolute atomic E-state index is 0.612. The molecule has 11 aromatic rings. The zero-order chi connectivity index (χ0) is 36.3. The number of aromatic nitrogens is 2. The van der Waals surface area contributed by atoms with E-state index in [0.29, 0.717) is 5.89 Å². The van der Waals surface area contributed by atoms with Crippen LogP contribution in [-0.4, -0.2) is 9.97 Å². The molecule has 0 bridgehead atoms. The Morgan fingerprint density at radius 3 is 1.73 bits per heavy atom. The van der Waals surface area contributed by atoms with Gasteiger partial charge < -0.3 is 9.32 Å². The molecule has 11 rings (SSSR count). The molecule has 0 fully saturated rings. The maximum absolute atomic E-state index is 6.10. The molecule has 0 atom stereocenters. The van der Waals surface area contributed by atoms with E-state index in [1.54, 1.807) is 11.3 Å². The number of nitrogens with zero attached hydrogens (tertiary/aromatic N) is 3. The molecule has 4 nitrogen and oxygen atoms in total. The second-order valence-electron chi connectivity index (χ2n) is 13.9. The zero-order valence-corrected chi connectivity index (χ0v) is 30.4. The van der Waals surface area contributed by atoms with Crippen molar-refractivity contribution in [1.29, 1.82) is 0 Å². The SMILES string of the molecule is c1ccc2cc(-c3ccc4c(ccc5cc(N(c6ccc(-c7nc8ccccc8o7)cc6)c6ccc(-c7nc8ccccc8s7)cc6)ccc54)c3)ccc2c1. The Kier molecular flexibility index (Phi) is 7.32. The van der Waals surface area contributed by atoms with Gasteiger partial charge in [0.1, 0.15) is 10.5 Å². The number of rotatable bonds is 6. The molecule has 2 heterocycles. The lowest BCUT2D eigenvalue weighted by atomic mass is 9.96. The van der Waals surface area contributed by atoms with Crippen LogP contribution in [0.25, 0.3) is 86.8 Å². The minimum atomic E-state index is 0.612. The average molecular weight is 722 g/mol. The molecule has 0 saturated carbocycles. The number of hydrogen-bond donors (Lipinski definition) is 0. The molecule has 0 unspecified atom stereocenters. The van der Waals surface area contributed by atoms with Crippen LogP contribution in [-0.2, 0) is 0 Å². The summed E-state index contributed by atoms with van der Waals surface area (Å²) in [5, 5.41) is 8.40. The van der Waals surface area contributed by atoms with Crippen molar-refractivity contribution in [1.82, 2.24) is 9.97 Å². The third kappa shape index (κ3) is 5.61. The van der Waals surface area contributed by atoms with Gasteiger partial charge in [0.15, 0.2) is 5.58 Å². The fourth-order valence-electron chi connectivity index (χ4n) is 7.69. The lowest BCUT2D eigenvalue weighted by molar-refractivity contribution is 0.620. The summed E-state index contributed by atoms with van der Waals surface area (Å²) in [4.78, 5) is 12.0. The normalized spacial score (nSPS) is 11.6. The Morgan fingerprint density at radius 2 is 0.964 bits per heavy atom. The molecule has 0 aliphatic rings. The fraction of sp³-hybridized carbons (Fsp3) is 0. The lowest BCUT2D eigenvalue weighted by Crippen LogP contribution is -2.09. The van der Waals surface area contributed by atoms with E-state index >= 15 is 0 Å². The van der Waals surface area contributed by atoms with E-state index in [2.05, 4.69) is 163 Å². The number of hydrogen-bond acceptors (Lipinski definition) is 5. The molecule has 0 aliphatic carbocycles. The highest BCUT2D eigenvalue weighted by atomic mass is 32.1. The summed E-state index contributed by atoms with van der Waals surface area (Å²) in [6, 6.07) is 66.7. The first-order valence-electron chi connectivity index (χ1n) is 18.4. The number of para-hydroxylation sites is 3. The van der Waals surface area contributed by atoms with Crippen molar-refractivity contribution in [2.24, 2.45) is 0 Å². The standard InChI is InChI=1S/C50H31N3OS/c1-2-8-35-29-36(14-13-32(35)7-1)37-21-27-43-38(30-37)15-16-39-31-42(26-28-44(39)43)53(40-22-17-33(18-23-40)49-51-45-9-3-5-11-47(45)54-49)41-24-19-34(20-25-41)50-52-46-10-4-6-12-48(46)55-50/h1-31H. The minimum Gasteiger partial charge on any atom is -0.436 e. The summed E-state index contributed by atoms with van der Waals surface area (Å²) in [6.45, 7) is 0. The first kappa shape index (κ1) is 31.4. The molecule has 0 N–H and O–H groups in total. The summed E-state index contributed by atoms with van der Waals surface area (Å²) in [7, 11) is 0. The van der Waals surface area contributed by atoms with Gasteiger partial charge in [-0.3, -0.25) is 0 Å². The van der Waals surface area contributed by atoms with Crippen LogP contribution in [0.4, 0.5) is 17.1 Å². The van der Waals surface area contributed by atoms with Crippen LogP contribution in [0.2, 0.25) is 0 Å². The Morgan fingerprint density at radius 1 is 0.400 bits per heavy atom. The van der Waals surface area contributed by atoms with Crippen LogP contribution in [0.3, 0.4) is 0 Å². The van der Waals surface area contributed by atoms with Crippen LogP contribution in [0.15, 0.2) is 192 Å². The van der Waals surface area contributed by atoms with Gasteiger partial charge in [-0.05, 0) is 141 Å². The topological polar surface area (TPSA) is 42.2 Å². The maximum Gasteiger partial charge on any atom is 0.227 e. The van der Waals surface area contributed by atoms with Crippen molar-refractivity contribution < 1.29 is 4.42 Å². The molecular formula is C50H31N3OS. The Balaban J connectivity index is 0.984. The highest BCUT2D eigenvalue weighted by molar-refractivity contribution is 7.21. The van der Waals surface area contributed by atoms with Crippen molar-refractivity contribution in [2.45, 2.75) is 0 Å². The van der Waals surface area contributed by atoms with Gasteiger partial charge in [-0.1, -0.05) is 91.0 Å². The predicted octanol–water partition coefficient (Wildman–Crippen LogP) is 14.4. The number of thiazole rings is 1. The van der Waals surface area contributed by atoms with Gasteiger partial charge in [0, 0.05) is 28.2 Å². The van der Waals surface area contributed by atoms with E-state index < -0.39 is 0 Å². The zero-order valence-electron chi connectivity index (χ0n) is 29.6. The maximum atomic E-state index is 6.10. The number of benzene rings is 9. The molecule has 0 saturated heterocycles. The molecule has 5 heteroatoms. The summed E-state index contributed by atoms with van der Waals surface area (Å²) in [5.74, 6) is 0.612. The molecule has 0 aliphatic heterocycles. The largest absolute Gasteiger partial charge is 0.436 e. The third-order valence-corrected chi connectivity index (χ3v) is 11.6. The van der Waals surface area contributed by atoms with Crippen LogP contribution >= 0.6 is 11.3 Å². The predicted molar refractivity (Wildman–Crippen MR) is 231 cm³/mol. The monoisotopic (exact) mass is 721 g/mol. The van der Waals surface area contributed by atoms with Gasteiger partial charge in [0.25, 0.3) is 0 Å². The number of fused-ring (bicyclic) bond motifs is 6. The Bertz CT molecular complexity index is 3030. The van der Waals surface area contributed by atoms with Gasteiger partial charge in [0.2, 0.25) is 5.89 Å². The molecule has 0 amide bonds. The molecule has 0 spiro atoms. The molecule has 9 aromatic carbocycles. The van der Waals surface area contributed by atoms with E-state index in [1.807, 2.05) is 30.3 Å². The quantitative estimate of drug-likeness (QED) is 0.160. The van der Waals surface area contributed by atoms with E-state index in [4.69, 9.17) is 14.4 Å². The molecule has 258 valence electrons.